The van der Waals surface area contributed by atoms with E-state index < -0.39 is 0 Å². The van der Waals surface area contributed by atoms with Gasteiger partial charge in [-0.15, -0.1) is 0 Å². The summed E-state index contributed by atoms with van der Waals surface area (Å²) in [6.45, 7) is 3.34. The molecule has 2 fully saturated rings. The van der Waals surface area contributed by atoms with Crippen molar-refractivity contribution in [1.82, 2.24) is 19.9 Å². The predicted octanol–water partition coefficient (Wildman–Crippen LogP) is 4.11. The van der Waals surface area contributed by atoms with Crippen LogP contribution in [0.25, 0.3) is 11.0 Å². The molecule has 3 aromatic rings. The van der Waals surface area contributed by atoms with Gasteiger partial charge in [-0.05, 0) is 36.6 Å². The number of carbonyl (C=O) groups excluding carboxylic acids is 1. The number of hydrogen-bond donors (Lipinski definition) is 1. The third-order valence-electron chi connectivity index (χ3n) is 6.11. The minimum atomic E-state index is -0.380. The van der Waals surface area contributed by atoms with Crippen molar-refractivity contribution in [1.29, 1.82) is 0 Å². The highest BCUT2D eigenvalue weighted by Gasteiger charge is 2.48. The van der Waals surface area contributed by atoms with Crippen molar-refractivity contribution >= 4 is 46.3 Å². The molecule has 1 aliphatic heterocycles. The smallest absolute Gasteiger partial charge is 0.142 e. The lowest BCUT2D eigenvalue weighted by Crippen LogP contribution is -2.35. The Bertz CT molecular complexity index is 1060. The van der Waals surface area contributed by atoms with Crippen LogP contribution in [0.5, 0.6) is 0 Å². The molecule has 1 saturated heterocycles. The molecule has 1 aromatic carbocycles. The average Bonchev–Trinajstić information content (AvgIpc) is 3.34. The maximum atomic E-state index is 12.1. The Morgan fingerprint density at radius 1 is 1.14 bits per heavy atom. The van der Waals surface area contributed by atoms with E-state index in [1.807, 2.05) is 18.3 Å². The van der Waals surface area contributed by atoms with E-state index in [2.05, 4.69) is 24.8 Å². The number of aldehydes is 1. The zero-order chi connectivity index (χ0) is 20.0. The Hall–Kier alpha value is -2.15. The second-order valence-electron chi connectivity index (χ2n) is 8.08. The minimum Gasteiger partial charge on any atom is -0.354 e. The van der Waals surface area contributed by atoms with Crippen molar-refractivity contribution in [3.05, 3.63) is 52.4 Å². The van der Waals surface area contributed by atoms with Gasteiger partial charge in [0.1, 0.15) is 24.1 Å². The molecule has 3 heterocycles. The standard InChI is InChI=1S/C21H21Cl2N5O/c22-14-1-2-15(17(23)9-14)18(10-29)27-7-8-28(12-21(11-27)4-5-21)20-16-3-6-24-19(16)25-13-26-20/h1-3,6,9-10,13,18H,4-5,7-8,11-12H2,(H,24,25,26). The fourth-order valence-electron chi connectivity index (χ4n) is 4.41. The van der Waals surface area contributed by atoms with Crippen molar-refractivity contribution in [2.45, 2.75) is 18.9 Å². The number of benzene rings is 1. The molecule has 2 aliphatic rings. The summed E-state index contributed by atoms with van der Waals surface area (Å²) in [7, 11) is 0. The first-order valence-electron chi connectivity index (χ1n) is 9.76. The zero-order valence-corrected chi connectivity index (χ0v) is 17.3. The van der Waals surface area contributed by atoms with E-state index in [0.29, 0.717) is 10.0 Å². The van der Waals surface area contributed by atoms with E-state index in [1.54, 1.807) is 18.5 Å². The van der Waals surface area contributed by atoms with E-state index in [1.165, 1.54) is 0 Å². The Labute approximate surface area is 178 Å². The van der Waals surface area contributed by atoms with Gasteiger partial charge in [0.25, 0.3) is 0 Å². The van der Waals surface area contributed by atoms with E-state index in [0.717, 1.165) is 67.7 Å². The van der Waals surface area contributed by atoms with Crippen LogP contribution >= 0.6 is 23.2 Å². The molecule has 1 atom stereocenters. The number of halogens is 2. The summed E-state index contributed by atoms with van der Waals surface area (Å²) in [4.78, 5) is 28.8. The van der Waals surface area contributed by atoms with Crippen LogP contribution in [0.4, 0.5) is 5.82 Å². The maximum absolute atomic E-state index is 12.1. The van der Waals surface area contributed by atoms with Gasteiger partial charge in [0.05, 0.1) is 11.4 Å². The van der Waals surface area contributed by atoms with Gasteiger partial charge >= 0.3 is 0 Å². The molecular formula is C21H21Cl2N5O. The topological polar surface area (TPSA) is 65.1 Å². The van der Waals surface area contributed by atoms with Gasteiger partial charge in [-0.1, -0.05) is 29.3 Å². The van der Waals surface area contributed by atoms with Gasteiger partial charge in [0, 0.05) is 47.8 Å². The molecule has 1 spiro atoms. The minimum absolute atomic E-state index is 0.185. The summed E-state index contributed by atoms with van der Waals surface area (Å²) in [5.41, 5.74) is 1.84. The van der Waals surface area contributed by atoms with Crippen LogP contribution in [0, 0.1) is 5.41 Å². The van der Waals surface area contributed by atoms with E-state index in [-0.39, 0.29) is 11.5 Å². The van der Waals surface area contributed by atoms with Crippen molar-refractivity contribution in [3.63, 3.8) is 0 Å². The van der Waals surface area contributed by atoms with Gasteiger partial charge in [0.2, 0.25) is 0 Å². The highest BCUT2D eigenvalue weighted by atomic mass is 35.5. The van der Waals surface area contributed by atoms with Crippen molar-refractivity contribution in [3.8, 4) is 0 Å². The number of aromatic amines is 1. The lowest BCUT2D eigenvalue weighted by atomic mass is 10.0. The first kappa shape index (κ1) is 18.9. The number of nitrogens with one attached hydrogen (secondary N) is 1. The van der Waals surface area contributed by atoms with Crippen LogP contribution in [0.2, 0.25) is 10.0 Å². The molecule has 1 N–H and O–H groups in total. The Morgan fingerprint density at radius 2 is 2.00 bits per heavy atom. The number of nitrogens with zero attached hydrogens (tertiary/aromatic N) is 4. The summed E-state index contributed by atoms with van der Waals surface area (Å²) in [5, 5.41) is 2.14. The van der Waals surface area contributed by atoms with Gasteiger partial charge in [-0.3, -0.25) is 4.90 Å². The van der Waals surface area contributed by atoms with Crippen molar-refractivity contribution in [2.75, 3.05) is 31.1 Å². The van der Waals surface area contributed by atoms with Crippen LogP contribution in [0.15, 0.2) is 36.8 Å². The molecule has 5 rings (SSSR count). The van der Waals surface area contributed by atoms with Crippen molar-refractivity contribution < 1.29 is 4.79 Å². The molecule has 0 amide bonds. The van der Waals surface area contributed by atoms with Crippen LogP contribution in [-0.2, 0) is 4.79 Å². The summed E-state index contributed by atoms with van der Waals surface area (Å²) in [6, 6.07) is 7.00. The number of H-pyrrole nitrogens is 1. The monoisotopic (exact) mass is 429 g/mol. The average molecular weight is 430 g/mol. The number of carbonyl (C=O) groups is 1. The molecule has 150 valence electrons. The van der Waals surface area contributed by atoms with Crippen LogP contribution in [0.3, 0.4) is 0 Å². The highest BCUT2D eigenvalue weighted by molar-refractivity contribution is 6.35. The lowest BCUT2D eigenvalue weighted by molar-refractivity contribution is -0.112. The van der Waals surface area contributed by atoms with Crippen LogP contribution in [-0.4, -0.2) is 52.3 Å². The number of anilines is 1. The molecule has 0 radical (unpaired) electrons. The first-order chi connectivity index (χ1) is 14.1. The number of aromatic nitrogens is 3. The molecule has 1 saturated carbocycles. The van der Waals surface area contributed by atoms with Crippen LogP contribution < -0.4 is 4.90 Å². The lowest BCUT2D eigenvalue weighted by Gasteiger charge is -2.29. The first-order valence-corrected chi connectivity index (χ1v) is 10.5. The molecule has 8 heteroatoms. The largest absolute Gasteiger partial charge is 0.354 e. The summed E-state index contributed by atoms with van der Waals surface area (Å²) < 4.78 is 0. The molecule has 29 heavy (non-hydrogen) atoms. The number of hydrogen-bond acceptors (Lipinski definition) is 5. The number of fused-ring (bicyclic) bond motifs is 1. The molecule has 2 aromatic heterocycles. The van der Waals surface area contributed by atoms with Gasteiger partial charge in [0.15, 0.2) is 0 Å². The fraction of sp³-hybridized carbons (Fsp3) is 0.381. The summed E-state index contributed by atoms with van der Waals surface area (Å²) in [6.07, 6.45) is 6.81. The van der Waals surface area contributed by atoms with E-state index >= 15 is 0 Å². The quantitative estimate of drug-likeness (QED) is 0.632. The Kier molecular flexibility index (Phi) is 4.73. The second kappa shape index (κ2) is 7.27. The molecule has 6 nitrogen and oxygen atoms in total. The van der Waals surface area contributed by atoms with E-state index in [9.17, 15) is 4.79 Å². The predicted molar refractivity (Wildman–Crippen MR) is 115 cm³/mol. The summed E-state index contributed by atoms with van der Waals surface area (Å²) >= 11 is 12.5. The van der Waals surface area contributed by atoms with Gasteiger partial charge in [-0.2, -0.15) is 0 Å². The maximum Gasteiger partial charge on any atom is 0.142 e. The Balaban J connectivity index is 1.46. The normalized spacial score (nSPS) is 20.0. The second-order valence-corrected chi connectivity index (χ2v) is 8.92. The number of rotatable bonds is 4. The third kappa shape index (κ3) is 3.50. The van der Waals surface area contributed by atoms with Gasteiger partial charge in [-0.25, -0.2) is 9.97 Å². The van der Waals surface area contributed by atoms with Gasteiger partial charge < -0.3 is 14.7 Å². The highest BCUT2D eigenvalue weighted by Crippen LogP contribution is 2.49. The summed E-state index contributed by atoms with van der Waals surface area (Å²) in [5.74, 6) is 0.955. The molecule has 1 aliphatic carbocycles. The van der Waals surface area contributed by atoms with Crippen LogP contribution in [0.1, 0.15) is 24.4 Å². The zero-order valence-electron chi connectivity index (χ0n) is 15.8. The van der Waals surface area contributed by atoms with Crippen molar-refractivity contribution in [2.24, 2.45) is 5.41 Å². The molecule has 0 bridgehead atoms. The SMILES string of the molecule is O=CC(c1ccc(Cl)cc1Cl)N1CCN(c2ncnc3[nH]ccc23)CC2(CC2)C1. The molecular weight excluding hydrogens is 409 g/mol. The molecule has 1 unspecified atom stereocenters. The fourth-order valence-corrected chi connectivity index (χ4v) is 4.93. The van der Waals surface area contributed by atoms with E-state index in [4.69, 9.17) is 23.2 Å². The Morgan fingerprint density at radius 3 is 2.76 bits per heavy atom. The third-order valence-corrected chi connectivity index (χ3v) is 6.68.